The van der Waals surface area contributed by atoms with E-state index in [1.807, 2.05) is 55.5 Å². The highest BCUT2D eigenvalue weighted by Crippen LogP contribution is 2.48. The number of benzene rings is 3. The molecule has 3 atom stereocenters. The molecule has 0 N–H and O–H groups in total. The number of nitrogens with zero attached hydrogens (tertiary/aromatic N) is 2. The number of rotatable bonds is 7. The predicted molar refractivity (Wildman–Crippen MR) is 135 cm³/mol. The zero-order valence-electron chi connectivity index (χ0n) is 19.4. The number of para-hydroxylation sites is 1. The lowest BCUT2D eigenvalue weighted by Crippen LogP contribution is -2.37. The first-order valence-electron chi connectivity index (χ1n) is 11.5. The van der Waals surface area contributed by atoms with E-state index in [4.69, 9.17) is 14.3 Å². The number of halogens is 1. The van der Waals surface area contributed by atoms with Crippen LogP contribution in [0.1, 0.15) is 24.9 Å². The fraction of sp³-hybridized carbons (Fsp3) is 0.259. The Bertz CT molecular complexity index is 1230. The van der Waals surface area contributed by atoms with Crippen LogP contribution in [-0.4, -0.2) is 31.6 Å². The van der Waals surface area contributed by atoms with Gasteiger partial charge in [-0.1, -0.05) is 31.2 Å². The zero-order chi connectivity index (χ0) is 24.5. The van der Waals surface area contributed by atoms with Crippen molar-refractivity contribution >= 4 is 39.1 Å². The SMILES string of the molecule is CCCOc1ccc(N2C(=O)[C@H]3[C@H](ON(c4ccccc4)[C@H]3c3ccc(OC)c(Br)c3)C2=O)cc1. The van der Waals surface area contributed by atoms with Crippen molar-refractivity contribution in [2.24, 2.45) is 5.92 Å². The standard InChI is InChI=1S/C27H25BrN2O5/c1-3-15-34-20-12-10-18(11-13-20)29-26(31)23-24(17-9-14-22(33-2)21(28)16-17)30(35-25(23)27(29)32)19-7-5-4-6-8-19/h4-14,16,23-25H,3,15H2,1-2H3/t23-,24+,25+/m1/s1. The number of hydrogen-bond acceptors (Lipinski definition) is 6. The van der Waals surface area contributed by atoms with Gasteiger partial charge in [-0.25, -0.2) is 9.96 Å². The van der Waals surface area contributed by atoms with Crippen LogP contribution in [0.25, 0.3) is 0 Å². The quantitative estimate of drug-likeness (QED) is 0.382. The van der Waals surface area contributed by atoms with E-state index < -0.39 is 18.1 Å². The molecule has 0 spiro atoms. The van der Waals surface area contributed by atoms with Crippen LogP contribution in [0.3, 0.4) is 0 Å². The van der Waals surface area contributed by atoms with Gasteiger partial charge < -0.3 is 9.47 Å². The summed E-state index contributed by atoms with van der Waals surface area (Å²) in [7, 11) is 1.60. The third kappa shape index (κ3) is 4.17. The zero-order valence-corrected chi connectivity index (χ0v) is 21.0. The molecule has 2 aliphatic heterocycles. The van der Waals surface area contributed by atoms with Crippen LogP contribution in [-0.2, 0) is 14.4 Å². The predicted octanol–water partition coefficient (Wildman–Crippen LogP) is 5.30. The average Bonchev–Trinajstić information content (AvgIpc) is 3.39. The average molecular weight is 537 g/mol. The molecule has 0 bridgehead atoms. The van der Waals surface area contributed by atoms with Crippen LogP contribution < -0.4 is 19.4 Å². The van der Waals surface area contributed by atoms with Crippen molar-refractivity contribution in [3.05, 3.63) is 82.8 Å². The van der Waals surface area contributed by atoms with Crippen LogP contribution in [0.5, 0.6) is 11.5 Å². The van der Waals surface area contributed by atoms with Gasteiger partial charge in [-0.05, 0) is 76.4 Å². The lowest BCUT2D eigenvalue weighted by molar-refractivity contribution is -0.126. The van der Waals surface area contributed by atoms with Gasteiger partial charge in [-0.15, -0.1) is 0 Å². The molecule has 2 aliphatic rings. The van der Waals surface area contributed by atoms with E-state index in [1.54, 1.807) is 36.4 Å². The molecular formula is C27H25BrN2O5. The Morgan fingerprint density at radius 1 is 0.943 bits per heavy atom. The number of carbonyl (C=O) groups excluding carboxylic acids is 2. The van der Waals surface area contributed by atoms with Crippen molar-refractivity contribution in [3.63, 3.8) is 0 Å². The maximum Gasteiger partial charge on any atom is 0.266 e. The van der Waals surface area contributed by atoms with Gasteiger partial charge in [0.05, 0.1) is 35.6 Å². The molecule has 180 valence electrons. The number of hydroxylamine groups is 1. The van der Waals surface area contributed by atoms with Crippen molar-refractivity contribution < 1.29 is 23.9 Å². The van der Waals surface area contributed by atoms with Crippen molar-refractivity contribution in [2.45, 2.75) is 25.5 Å². The molecule has 0 aliphatic carbocycles. The Kier molecular flexibility index (Phi) is 6.49. The van der Waals surface area contributed by atoms with Gasteiger partial charge >= 0.3 is 0 Å². The molecule has 0 saturated carbocycles. The highest BCUT2D eigenvalue weighted by atomic mass is 79.9. The minimum Gasteiger partial charge on any atom is -0.496 e. The molecule has 0 radical (unpaired) electrons. The number of fused-ring (bicyclic) bond motifs is 1. The minimum atomic E-state index is -0.926. The maximum atomic E-state index is 13.8. The van der Waals surface area contributed by atoms with Crippen LogP contribution in [0.2, 0.25) is 0 Å². The fourth-order valence-corrected chi connectivity index (χ4v) is 5.14. The normalized spacial score (nSPS) is 21.4. The number of hydrogen-bond donors (Lipinski definition) is 0. The topological polar surface area (TPSA) is 68.3 Å². The first-order chi connectivity index (χ1) is 17.0. The third-order valence-electron chi connectivity index (χ3n) is 6.21. The molecule has 2 fully saturated rings. The highest BCUT2D eigenvalue weighted by molar-refractivity contribution is 9.10. The van der Waals surface area contributed by atoms with E-state index in [-0.39, 0.29) is 11.8 Å². The molecule has 8 heteroatoms. The van der Waals surface area contributed by atoms with Gasteiger partial charge in [0.25, 0.3) is 5.91 Å². The summed E-state index contributed by atoms with van der Waals surface area (Å²) >= 11 is 3.54. The summed E-state index contributed by atoms with van der Waals surface area (Å²) in [4.78, 5) is 34.6. The van der Waals surface area contributed by atoms with Crippen molar-refractivity contribution in [1.29, 1.82) is 0 Å². The summed E-state index contributed by atoms with van der Waals surface area (Å²) in [6, 6.07) is 21.6. The lowest BCUT2D eigenvalue weighted by Gasteiger charge is -2.29. The molecule has 2 amide bonds. The summed E-state index contributed by atoms with van der Waals surface area (Å²) in [5.41, 5.74) is 2.10. The first kappa shape index (κ1) is 23.4. The Morgan fingerprint density at radius 3 is 2.34 bits per heavy atom. The van der Waals surface area contributed by atoms with Crippen molar-refractivity contribution in [2.75, 3.05) is 23.7 Å². The van der Waals surface area contributed by atoms with E-state index in [0.29, 0.717) is 23.8 Å². The molecule has 2 heterocycles. The molecular weight excluding hydrogens is 512 g/mol. The van der Waals surface area contributed by atoms with E-state index in [9.17, 15) is 9.59 Å². The number of methoxy groups -OCH3 is 1. The number of amides is 2. The van der Waals surface area contributed by atoms with Crippen LogP contribution in [0, 0.1) is 5.92 Å². The summed E-state index contributed by atoms with van der Waals surface area (Å²) in [6.07, 6.45) is -0.0311. The molecule has 35 heavy (non-hydrogen) atoms. The van der Waals surface area contributed by atoms with Gasteiger partial charge in [0.2, 0.25) is 5.91 Å². The second kappa shape index (κ2) is 9.71. The summed E-state index contributed by atoms with van der Waals surface area (Å²) in [5, 5.41) is 1.68. The van der Waals surface area contributed by atoms with Crippen LogP contribution >= 0.6 is 15.9 Å². The van der Waals surface area contributed by atoms with Gasteiger partial charge in [-0.2, -0.15) is 0 Å². The summed E-state index contributed by atoms with van der Waals surface area (Å²) < 4.78 is 11.8. The van der Waals surface area contributed by atoms with Gasteiger partial charge in [-0.3, -0.25) is 14.4 Å². The van der Waals surface area contributed by atoms with E-state index >= 15 is 0 Å². The van der Waals surface area contributed by atoms with Gasteiger partial charge in [0.1, 0.15) is 17.4 Å². The van der Waals surface area contributed by atoms with E-state index in [0.717, 1.165) is 22.1 Å². The Labute approximate surface area is 212 Å². The number of carbonyl (C=O) groups is 2. The molecule has 5 rings (SSSR count). The minimum absolute atomic E-state index is 0.294. The summed E-state index contributed by atoms with van der Waals surface area (Å²) in [6.45, 7) is 2.64. The molecule has 2 saturated heterocycles. The number of ether oxygens (including phenoxy) is 2. The highest BCUT2D eigenvalue weighted by Gasteiger charge is 2.60. The Hall–Kier alpha value is -3.36. The third-order valence-corrected chi connectivity index (χ3v) is 6.83. The molecule has 3 aromatic carbocycles. The smallest absolute Gasteiger partial charge is 0.266 e. The molecule has 7 nitrogen and oxygen atoms in total. The lowest BCUT2D eigenvalue weighted by atomic mass is 9.90. The van der Waals surface area contributed by atoms with Crippen molar-refractivity contribution in [1.82, 2.24) is 0 Å². The van der Waals surface area contributed by atoms with Crippen LogP contribution in [0.4, 0.5) is 11.4 Å². The maximum absolute atomic E-state index is 13.8. The second-order valence-electron chi connectivity index (χ2n) is 8.41. The van der Waals surface area contributed by atoms with Crippen LogP contribution in [0.15, 0.2) is 77.3 Å². The molecule has 3 aromatic rings. The second-order valence-corrected chi connectivity index (χ2v) is 9.26. The number of anilines is 2. The van der Waals surface area contributed by atoms with E-state index in [2.05, 4.69) is 15.9 Å². The van der Waals surface area contributed by atoms with Crippen molar-refractivity contribution in [3.8, 4) is 11.5 Å². The molecule has 0 aromatic heterocycles. The fourth-order valence-electron chi connectivity index (χ4n) is 4.58. The summed E-state index contributed by atoms with van der Waals surface area (Å²) in [5.74, 6) is -0.00601. The van der Waals surface area contributed by atoms with E-state index in [1.165, 1.54) is 4.90 Å². The molecule has 0 unspecified atom stereocenters. The monoisotopic (exact) mass is 536 g/mol. The van der Waals surface area contributed by atoms with Gasteiger partial charge in [0.15, 0.2) is 6.10 Å². The Balaban J connectivity index is 1.51. The first-order valence-corrected chi connectivity index (χ1v) is 12.3. The Morgan fingerprint density at radius 2 is 1.69 bits per heavy atom. The van der Waals surface area contributed by atoms with Gasteiger partial charge in [0, 0.05) is 0 Å². The number of imide groups is 1. The largest absolute Gasteiger partial charge is 0.496 e.